The molecule has 0 saturated carbocycles. The van der Waals surface area contributed by atoms with Crippen LogP contribution in [0, 0.1) is 0 Å². The minimum Gasteiger partial charge on any atom is -0.501 e. The molecule has 1 heterocycles. The third-order valence-corrected chi connectivity index (χ3v) is 2.99. The Kier molecular flexibility index (Phi) is 2.51. The molecule has 0 aromatic rings. The van der Waals surface area contributed by atoms with Gasteiger partial charge in [-0.1, -0.05) is 0 Å². The molecule has 0 fully saturated rings. The van der Waals surface area contributed by atoms with Crippen LogP contribution in [-0.2, 0) is 9.47 Å². The number of aliphatic hydroxyl groups is 1. The second-order valence-corrected chi connectivity index (χ2v) is 4.79. The maximum Gasteiger partial charge on any atom is 0.106 e. The first-order valence-corrected chi connectivity index (χ1v) is 5.34. The fourth-order valence-corrected chi connectivity index (χ4v) is 2.22. The lowest BCUT2D eigenvalue weighted by Crippen LogP contribution is -2.37. The highest BCUT2D eigenvalue weighted by Gasteiger charge is 2.35. The molecule has 15 heavy (non-hydrogen) atoms. The summed E-state index contributed by atoms with van der Waals surface area (Å²) in [7, 11) is 1.67. The van der Waals surface area contributed by atoms with E-state index in [0.717, 1.165) is 23.5 Å². The molecule has 0 bridgehead atoms. The highest BCUT2D eigenvalue weighted by molar-refractivity contribution is 5.28. The largest absolute Gasteiger partial charge is 0.501 e. The summed E-state index contributed by atoms with van der Waals surface area (Å²) in [5, 5.41) is 9.99. The van der Waals surface area contributed by atoms with Crippen molar-refractivity contribution < 1.29 is 14.6 Å². The fourth-order valence-electron chi connectivity index (χ4n) is 2.22. The van der Waals surface area contributed by atoms with Crippen molar-refractivity contribution in [3.63, 3.8) is 0 Å². The van der Waals surface area contributed by atoms with E-state index in [1.165, 1.54) is 0 Å². The molecule has 84 valence electrons. The minimum atomic E-state index is -0.363. The highest BCUT2D eigenvalue weighted by Crippen LogP contribution is 2.38. The van der Waals surface area contributed by atoms with E-state index in [4.69, 9.17) is 9.47 Å². The Bertz CT molecular complexity index is 326. The van der Waals surface area contributed by atoms with Crippen molar-refractivity contribution in [2.45, 2.75) is 44.8 Å². The van der Waals surface area contributed by atoms with E-state index in [0.29, 0.717) is 12.8 Å². The van der Waals surface area contributed by atoms with E-state index < -0.39 is 0 Å². The maximum absolute atomic E-state index is 9.99. The molecule has 1 atom stereocenters. The fraction of sp³-hybridized carbons (Fsp3) is 0.667. The molecule has 1 aliphatic carbocycles. The normalized spacial score (nSPS) is 29.1. The van der Waals surface area contributed by atoms with Crippen LogP contribution in [0.1, 0.15) is 33.1 Å². The molecule has 2 aliphatic rings. The van der Waals surface area contributed by atoms with Crippen LogP contribution in [0.4, 0.5) is 0 Å². The lowest BCUT2D eigenvalue weighted by Gasteiger charge is -2.38. The van der Waals surface area contributed by atoms with E-state index in [2.05, 4.69) is 0 Å². The third-order valence-electron chi connectivity index (χ3n) is 2.99. The van der Waals surface area contributed by atoms with E-state index in [1.54, 1.807) is 7.11 Å². The number of aliphatic hydroxyl groups excluding tert-OH is 1. The van der Waals surface area contributed by atoms with Gasteiger partial charge in [-0.15, -0.1) is 0 Å². The van der Waals surface area contributed by atoms with E-state index in [9.17, 15) is 5.11 Å². The Morgan fingerprint density at radius 1 is 1.53 bits per heavy atom. The Morgan fingerprint density at radius 3 is 2.93 bits per heavy atom. The molecule has 0 amide bonds. The van der Waals surface area contributed by atoms with Crippen molar-refractivity contribution in [2.24, 2.45) is 0 Å². The summed E-state index contributed by atoms with van der Waals surface area (Å²) in [4.78, 5) is 0. The third kappa shape index (κ3) is 2.02. The van der Waals surface area contributed by atoms with E-state index in [1.807, 2.05) is 19.9 Å². The zero-order chi connectivity index (χ0) is 11.1. The summed E-state index contributed by atoms with van der Waals surface area (Å²) >= 11 is 0. The topological polar surface area (TPSA) is 38.7 Å². The number of hydrogen-bond donors (Lipinski definition) is 1. The van der Waals surface area contributed by atoms with Gasteiger partial charge in [0.1, 0.15) is 11.4 Å². The van der Waals surface area contributed by atoms with Crippen LogP contribution >= 0.6 is 0 Å². The van der Waals surface area contributed by atoms with Gasteiger partial charge < -0.3 is 14.6 Å². The molecule has 2 rings (SSSR count). The average Bonchev–Trinajstić information content (AvgIpc) is 2.14. The number of rotatable bonds is 1. The van der Waals surface area contributed by atoms with Gasteiger partial charge in [-0.2, -0.15) is 0 Å². The van der Waals surface area contributed by atoms with Crippen molar-refractivity contribution in [1.82, 2.24) is 0 Å². The number of hydrogen-bond acceptors (Lipinski definition) is 3. The van der Waals surface area contributed by atoms with Crippen molar-refractivity contribution in [1.29, 1.82) is 0 Å². The summed E-state index contributed by atoms with van der Waals surface area (Å²) < 4.78 is 11.1. The molecule has 3 nitrogen and oxygen atoms in total. The van der Waals surface area contributed by atoms with Crippen LogP contribution in [0.3, 0.4) is 0 Å². The van der Waals surface area contributed by atoms with Crippen molar-refractivity contribution in [3.05, 3.63) is 23.2 Å². The molecule has 0 aromatic carbocycles. The van der Waals surface area contributed by atoms with Crippen LogP contribution in [0.2, 0.25) is 0 Å². The van der Waals surface area contributed by atoms with E-state index >= 15 is 0 Å². The summed E-state index contributed by atoms with van der Waals surface area (Å²) in [6, 6.07) is 0. The SMILES string of the molecule is COC1=CCC2=C(C1)OC(C)(C)CC2O. The van der Waals surface area contributed by atoms with Crippen LogP contribution in [-0.4, -0.2) is 23.9 Å². The Hall–Kier alpha value is -0.960. The Morgan fingerprint density at radius 2 is 2.27 bits per heavy atom. The van der Waals surface area contributed by atoms with Gasteiger partial charge in [-0.25, -0.2) is 0 Å². The van der Waals surface area contributed by atoms with Gasteiger partial charge in [-0.3, -0.25) is 0 Å². The second kappa shape index (κ2) is 3.56. The van der Waals surface area contributed by atoms with Gasteiger partial charge in [0, 0.05) is 12.0 Å². The summed E-state index contributed by atoms with van der Waals surface area (Å²) in [6.07, 6.45) is 3.74. The predicted octanol–water partition coefficient (Wildman–Crippen LogP) is 2.12. The molecular weight excluding hydrogens is 192 g/mol. The van der Waals surface area contributed by atoms with Gasteiger partial charge in [0.05, 0.1) is 25.4 Å². The quantitative estimate of drug-likeness (QED) is 0.720. The summed E-state index contributed by atoms with van der Waals surface area (Å²) in [5.74, 6) is 1.83. The molecule has 1 unspecified atom stereocenters. The molecule has 3 heteroatoms. The van der Waals surface area contributed by atoms with Crippen molar-refractivity contribution >= 4 is 0 Å². The lowest BCUT2D eigenvalue weighted by molar-refractivity contribution is -0.0330. The van der Waals surface area contributed by atoms with Crippen LogP contribution < -0.4 is 0 Å². The molecule has 1 N–H and O–H groups in total. The molecule has 1 aliphatic heterocycles. The van der Waals surface area contributed by atoms with Crippen molar-refractivity contribution in [3.8, 4) is 0 Å². The second-order valence-electron chi connectivity index (χ2n) is 4.79. The van der Waals surface area contributed by atoms with Gasteiger partial charge in [-0.05, 0) is 26.3 Å². The average molecular weight is 210 g/mol. The smallest absolute Gasteiger partial charge is 0.106 e. The highest BCUT2D eigenvalue weighted by atomic mass is 16.5. The molecule has 0 spiro atoms. The lowest BCUT2D eigenvalue weighted by atomic mass is 9.87. The Labute approximate surface area is 90.4 Å². The van der Waals surface area contributed by atoms with E-state index in [-0.39, 0.29) is 11.7 Å². The summed E-state index contributed by atoms with van der Waals surface area (Å²) in [5.41, 5.74) is 0.754. The predicted molar refractivity (Wildman–Crippen MR) is 57.1 cm³/mol. The molecule has 0 saturated heterocycles. The monoisotopic (exact) mass is 210 g/mol. The van der Waals surface area contributed by atoms with Gasteiger partial charge in [0.15, 0.2) is 0 Å². The van der Waals surface area contributed by atoms with Crippen LogP contribution in [0.5, 0.6) is 0 Å². The zero-order valence-corrected chi connectivity index (χ0v) is 9.54. The molecular formula is C12H18O3. The van der Waals surface area contributed by atoms with Crippen LogP contribution in [0.25, 0.3) is 0 Å². The standard InChI is InChI=1S/C12H18O3/c1-12(2)7-10(13)9-5-4-8(14-3)6-11(9)15-12/h4,10,13H,5-7H2,1-3H3. The maximum atomic E-state index is 9.99. The number of ether oxygens (including phenoxy) is 2. The van der Waals surface area contributed by atoms with Gasteiger partial charge in [0.25, 0.3) is 0 Å². The van der Waals surface area contributed by atoms with Gasteiger partial charge in [0.2, 0.25) is 0 Å². The summed E-state index contributed by atoms with van der Waals surface area (Å²) in [6.45, 7) is 4.01. The van der Waals surface area contributed by atoms with Gasteiger partial charge >= 0.3 is 0 Å². The minimum absolute atomic E-state index is 0.269. The Balaban J connectivity index is 2.21. The first-order valence-electron chi connectivity index (χ1n) is 5.34. The molecule has 0 aromatic heterocycles. The van der Waals surface area contributed by atoms with Crippen molar-refractivity contribution in [2.75, 3.05) is 7.11 Å². The number of methoxy groups -OCH3 is 1. The zero-order valence-electron chi connectivity index (χ0n) is 9.54. The first-order chi connectivity index (χ1) is 7.02. The molecule has 0 radical (unpaired) electrons. The number of allylic oxidation sites excluding steroid dienone is 1. The first kappa shape index (κ1) is 10.6. The van der Waals surface area contributed by atoms with Crippen LogP contribution in [0.15, 0.2) is 23.2 Å².